The summed E-state index contributed by atoms with van der Waals surface area (Å²) in [6.45, 7) is 36.1. The van der Waals surface area contributed by atoms with E-state index >= 15 is 0 Å². The van der Waals surface area contributed by atoms with Gasteiger partial charge >= 0.3 is 6.17 Å². The van der Waals surface area contributed by atoms with Gasteiger partial charge in [-0.1, -0.05) is 37.3 Å². The predicted molar refractivity (Wildman–Crippen MR) is 221 cm³/mol. The molecule has 56 heavy (non-hydrogen) atoms. The van der Waals surface area contributed by atoms with Crippen LogP contribution in [0.25, 0.3) is 9.69 Å². The number of nitrogens with zero attached hydrogens (tertiary/aromatic N) is 2. The molecular weight excluding hydrogens is 775 g/mol. The Bertz CT molecular complexity index is 1390. The summed E-state index contributed by atoms with van der Waals surface area (Å²) in [5.41, 5.74) is 1.02. The van der Waals surface area contributed by atoms with Crippen molar-refractivity contribution in [1.29, 1.82) is 0 Å². The Kier molecular flexibility index (Phi) is 19.9. The summed E-state index contributed by atoms with van der Waals surface area (Å²) >= 11 is 0. The van der Waals surface area contributed by atoms with Crippen molar-refractivity contribution in [3.63, 3.8) is 0 Å². The molecule has 320 valence electrons. The average Bonchev–Trinajstić information content (AvgIpc) is 3.12. The molecule has 1 aromatic carbocycles. The zero-order chi connectivity index (χ0) is 42.8. The third-order valence-corrected chi connectivity index (χ3v) is 12.5. The highest BCUT2D eigenvalue weighted by Crippen LogP contribution is 2.31. The van der Waals surface area contributed by atoms with E-state index < -0.39 is 86.4 Å². The number of hydrogen-bond donors (Lipinski definition) is 11. The van der Waals surface area contributed by atoms with Gasteiger partial charge in [0.15, 0.2) is 31.1 Å². The van der Waals surface area contributed by atoms with E-state index in [1.54, 1.807) is 0 Å². The fourth-order valence-electron chi connectivity index (χ4n) is 6.63. The largest absolute Gasteiger partial charge is 0.416 e. The normalized spacial score (nSPS) is 36.5. The third-order valence-electron chi connectivity index (χ3n) is 9.54. The molecule has 3 heterocycles. The fraction of sp³-hybridized carbons (Fsp3) is 0.784. The summed E-state index contributed by atoms with van der Waals surface area (Å²) in [6.07, 6.45) is -8.24. The van der Waals surface area contributed by atoms with Crippen molar-refractivity contribution in [3.8, 4) is 0 Å². The van der Waals surface area contributed by atoms with E-state index in [-0.39, 0.29) is 43.0 Å². The van der Waals surface area contributed by atoms with E-state index in [4.69, 9.17) is 36.6 Å². The van der Waals surface area contributed by atoms with Gasteiger partial charge < -0.3 is 59.4 Å². The average molecular weight is 844 g/mol. The Hall–Kier alpha value is -1.71. The van der Waals surface area contributed by atoms with Gasteiger partial charge in [-0.3, -0.25) is 9.69 Å². The summed E-state index contributed by atoms with van der Waals surface area (Å²) in [4.78, 5) is 6.84. The van der Waals surface area contributed by atoms with Gasteiger partial charge in [0, 0.05) is 6.04 Å². The lowest BCUT2D eigenvalue weighted by Crippen LogP contribution is -2.66. The van der Waals surface area contributed by atoms with Crippen LogP contribution in [0.5, 0.6) is 0 Å². The van der Waals surface area contributed by atoms with Crippen molar-refractivity contribution in [2.75, 3.05) is 19.8 Å². The first-order chi connectivity index (χ1) is 25.9. The van der Waals surface area contributed by atoms with E-state index in [2.05, 4.69) is 91.5 Å². The van der Waals surface area contributed by atoms with Crippen molar-refractivity contribution in [1.82, 2.24) is 16.0 Å². The topological polar surface area (TPSA) is 234 Å². The van der Waals surface area contributed by atoms with Gasteiger partial charge in [-0.25, -0.2) is 23.8 Å². The minimum Gasteiger partial charge on any atom is -0.416 e. The molecule has 0 saturated carbocycles. The van der Waals surface area contributed by atoms with E-state index in [1.807, 2.05) is 30.3 Å². The molecule has 3 fully saturated rings. The van der Waals surface area contributed by atoms with Crippen molar-refractivity contribution in [3.05, 3.63) is 58.7 Å². The van der Waals surface area contributed by atoms with Crippen molar-refractivity contribution < 1.29 is 54.1 Å². The highest BCUT2D eigenvalue weighted by Gasteiger charge is 2.50. The molecule has 0 aromatic heterocycles. The standard InChI is InChI=1S/C17H38N2O3Si3.C13H19NO4.C7H12N2O4/c1-13-15(21-24(6,7)8)16(22-25(9,10)11)14(19-17(13)18-2)12-20-23(3,4)5;15-7-10-12(17)13(18)11(16)9(14-10)6-8-4-2-1-3-5-8;1-8-7-6(13)5(12)4(11)3(2-10)9-7/h13-17,19H,12H2,1,3-11H3;1-5,9-18H,6-7H2;3-7,9-13H,2H2/t13-,14-,15-,16-,17+;9-,10-,11+,12-,13-;3-,4-,5+,6-,7+/m111/s1. The van der Waals surface area contributed by atoms with Gasteiger partial charge in [-0.05, 0) is 70.9 Å². The molecule has 3 aliphatic rings. The smallest absolute Gasteiger partial charge is 0.306 e. The van der Waals surface area contributed by atoms with Crippen LogP contribution in [0.1, 0.15) is 12.5 Å². The highest BCUT2D eigenvalue weighted by atomic mass is 28.4. The molecule has 0 spiro atoms. The molecule has 15 atom stereocenters. The Morgan fingerprint density at radius 1 is 0.571 bits per heavy atom. The number of piperidine rings is 3. The van der Waals surface area contributed by atoms with Crippen LogP contribution >= 0.6 is 0 Å². The first-order valence-electron chi connectivity index (χ1n) is 19.2. The molecule has 1 aromatic rings. The summed E-state index contributed by atoms with van der Waals surface area (Å²) < 4.78 is 19.3. The lowest BCUT2D eigenvalue weighted by Gasteiger charge is -2.47. The number of aliphatic hydroxyl groups is 8. The molecule has 0 bridgehead atoms. The Morgan fingerprint density at radius 2 is 1.02 bits per heavy atom. The molecule has 19 heteroatoms. The SMILES string of the molecule is OC[C@H]1N[C@H](Cc2ccccc2)[C@H](O)[C@@H](O)[C@@H]1O.[C-]#[N+][C@H]1N[C@H](CO)[C@@H](O)[C@H](O)[C@H]1O.[C-]#[N+][C@H]1N[C@H](CO[Si](C)(C)C)[C@@H](O[Si](C)(C)C)[C@H](O[Si](C)(C)C)[C@H]1C. The van der Waals surface area contributed by atoms with Crippen LogP contribution in [0.15, 0.2) is 30.3 Å². The highest BCUT2D eigenvalue weighted by molar-refractivity contribution is 6.70. The molecular formula is C37H69N5O11Si3. The lowest BCUT2D eigenvalue weighted by atomic mass is 9.87. The first-order valence-corrected chi connectivity index (χ1v) is 29.4. The Labute approximate surface area is 336 Å². The Morgan fingerprint density at radius 3 is 1.48 bits per heavy atom. The molecule has 0 radical (unpaired) electrons. The van der Waals surface area contributed by atoms with Crippen LogP contribution < -0.4 is 16.0 Å². The molecule has 3 aliphatic heterocycles. The maximum atomic E-state index is 9.93. The van der Waals surface area contributed by atoms with Gasteiger partial charge in [-0.15, -0.1) is 0 Å². The maximum absolute atomic E-state index is 9.93. The van der Waals surface area contributed by atoms with Crippen molar-refractivity contribution in [2.24, 2.45) is 5.92 Å². The van der Waals surface area contributed by atoms with Crippen LogP contribution in [0.2, 0.25) is 58.9 Å². The van der Waals surface area contributed by atoms with E-state index in [9.17, 15) is 30.6 Å². The van der Waals surface area contributed by atoms with Crippen molar-refractivity contribution in [2.45, 2.75) is 158 Å². The summed E-state index contributed by atoms with van der Waals surface area (Å²) in [6, 6.07) is 7.80. The van der Waals surface area contributed by atoms with Crippen LogP contribution in [-0.4, -0.2) is 171 Å². The monoisotopic (exact) mass is 843 g/mol. The number of benzene rings is 1. The minimum atomic E-state index is -1.77. The van der Waals surface area contributed by atoms with Gasteiger partial charge in [0.05, 0.1) is 68.3 Å². The quantitative estimate of drug-likeness (QED) is 0.105. The van der Waals surface area contributed by atoms with Gasteiger partial charge in [0.2, 0.25) is 0 Å². The lowest BCUT2D eigenvalue weighted by molar-refractivity contribution is -0.119. The second-order valence-electron chi connectivity index (χ2n) is 17.7. The second kappa shape index (κ2) is 22.1. The summed E-state index contributed by atoms with van der Waals surface area (Å²) in [5.74, 6) is 0.0914. The third kappa shape index (κ3) is 15.5. The summed E-state index contributed by atoms with van der Waals surface area (Å²) in [7, 11) is -5.17. The molecule has 0 amide bonds. The number of nitrogens with one attached hydrogen (secondary N) is 3. The minimum absolute atomic E-state index is 0.00454. The van der Waals surface area contributed by atoms with Crippen LogP contribution in [0.4, 0.5) is 0 Å². The number of aliphatic hydroxyl groups excluding tert-OH is 8. The van der Waals surface area contributed by atoms with E-state index in [0.717, 1.165) is 5.56 Å². The van der Waals surface area contributed by atoms with Gasteiger partial charge in [0.1, 0.15) is 18.3 Å². The van der Waals surface area contributed by atoms with Gasteiger partial charge in [-0.2, -0.15) is 0 Å². The fourth-order valence-corrected chi connectivity index (χ4v) is 9.59. The molecule has 16 nitrogen and oxygen atoms in total. The number of hydrogen-bond acceptors (Lipinski definition) is 14. The summed E-state index contributed by atoms with van der Waals surface area (Å²) in [5, 5.41) is 84.0. The molecule has 11 N–H and O–H groups in total. The van der Waals surface area contributed by atoms with Crippen LogP contribution in [0.3, 0.4) is 0 Å². The molecule has 0 aliphatic carbocycles. The maximum Gasteiger partial charge on any atom is 0.306 e. The second-order valence-corrected chi connectivity index (χ2v) is 31.2. The zero-order valence-corrected chi connectivity index (χ0v) is 37.6. The molecule has 4 rings (SSSR count). The van der Waals surface area contributed by atoms with Gasteiger partial charge in [0.25, 0.3) is 6.17 Å². The first kappa shape index (κ1) is 50.4. The zero-order valence-electron chi connectivity index (χ0n) is 34.6. The molecule has 0 unspecified atom stereocenters. The predicted octanol–water partition coefficient (Wildman–Crippen LogP) is 0.0545. The number of rotatable bonds is 11. The van der Waals surface area contributed by atoms with E-state index in [0.29, 0.717) is 13.0 Å². The van der Waals surface area contributed by atoms with Crippen LogP contribution in [-0.2, 0) is 19.7 Å². The van der Waals surface area contributed by atoms with Crippen molar-refractivity contribution >= 4 is 25.0 Å². The molecule has 3 saturated heterocycles. The Balaban J connectivity index is 0.000000306. The van der Waals surface area contributed by atoms with Crippen LogP contribution in [0, 0.1) is 19.1 Å². The van der Waals surface area contributed by atoms with E-state index in [1.165, 1.54) is 0 Å².